The van der Waals surface area contributed by atoms with Gasteiger partial charge < -0.3 is 5.32 Å². The summed E-state index contributed by atoms with van der Waals surface area (Å²) in [5.41, 5.74) is 6.49. The van der Waals surface area contributed by atoms with Gasteiger partial charge in [-0.15, -0.1) is 11.3 Å². The summed E-state index contributed by atoms with van der Waals surface area (Å²) < 4.78 is 0. The second-order valence-corrected chi connectivity index (χ2v) is 8.81. The molecule has 0 radical (unpaired) electrons. The van der Waals surface area contributed by atoms with Gasteiger partial charge >= 0.3 is 0 Å². The Morgan fingerprint density at radius 1 is 1.07 bits per heavy atom. The minimum absolute atomic E-state index is 0.0340. The third-order valence-corrected chi connectivity index (χ3v) is 6.58. The molecule has 6 heteroatoms. The summed E-state index contributed by atoms with van der Waals surface area (Å²) in [7, 11) is 0. The second-order valence-electron chi connectivity index (χ2n) is 6.98. The van der Waals surface area contributed by atoms with Gasteiger partial charge in [0.05, 0.1) is 11.1 Å². The van der Waals surface area contributed by atoms with Crippen LogP contribution in [0, 0.1) is 20.8 Å². The number of aromatic nitrogens is 2. The predicted octanol–water partition coefficient (Wildman–Crippen LogP) is 6.01. The van der Waals surface area contributed by atoms with Gasteiger partial charge in [-0.2, -0.15) is 0 Å². The lowest BCUT2D eigenvalue weighted by Gasteiger charge is -2.13. The number of carbonyl (C=O) groups excluding carboxylic acids is 1. The van der Waals surface area contributed by atoms with Crippen molar-refractivity contribution < 1.29 is 4.79 Å². The molecule has 1 amide bonds. The Morgan fingerprint density at radius 3 is 2.52 bits per heavy atom. The van der Waals surface area contributed by atoms with Gasteiger partial charge in [0.2, 0.25) is 5.91 Å². The van der Waals surface area contributed by atoms with Gasteiger partial charge in [0.1, 0.15) is 16.2 Å². The number of thioether (sulfide) groups is 1. The van der Waals surface area contributed by atoms with Crippen molar-refractivity contribution >= 4 is 44.9 Å². The Hall–Kier alpha value is -2.70. The van der Waals surface area contributed by atoms with Crippen LogP contribution >= 0.6 is 23.1 Å². The first-order chi connectivity index (χ1) is 14.0. The SMILES string of the molecule is Cc1cc(C)c(NC(=O)CSc2ncnc3scc(-c4ccccc4)c23)c(C)c1. The molecular formula is C23H21N3OS2. The number of anilines is 1. The normalized spacial score (nSPS) is 11.0. The zero-order chi connectivity index (χ0) is 20.4. The maximum Gasteiger partial charge on any atom is 0.234 e. The van der Waals surface area contributed by atoms with Crippen LogP contribution in [-0.2, 0) is 4.79 Å². The Kier molecular flexibility index (Phi) is 5.65. The van der Waals surface area contributed by atoms with Crippen molar-refractivity contribution in [2.45, 2.75) is 25.8 Å². The van der Waals surface area contributed by atoms with Crippen LogP contribution in [0.4, 0.5) is 5.69 Å². The summed E-state index contributed by atoms with van der Waals surface area (Å²) in [6.45, 7) is 6.11. The highest BCUT2D eigenvalue weighted by Crippen LogP contribution is 2.37. The largest absolute Gasteiger partial charge is 0.325 e. The standard InChI is InChI=1S/C23H21N3OS2/c1-14-9-15(2)21(16(3)10-14)26-19(27)12-29-23-20-18(17-7-5-4-6-8-17)11-28-22(20)24-13-25-23/h4-11,13H,12H2,1-3H3,(H,26,27). The summed E-state index contributed by atoms with van der Waals surface area (Å²) in [4.78, 5) is 22.4. The minimum Gasteiger partial charge on any atom is -0.325 e. The maximum absolute atomic E-state index is 12.6. The first-order valence-electron chi connectivity index (χ1n) is 9.31. The number of hydrogen-bond acceptors (Lipinski definition) is 5. The Balaban J connectivity index is 1.56. The number of aryl methyl sites for hydroxylation is 3. The molecule has 4 nitrogen and oxygen atoms in total. The molecule has 0 saturated carbocycles. The zero-order valence-corrected chi connectivity index (χ0v) is 18.2. The van der Waals surface area contributed by atoms with E-state index in [4.69, 9.17) is 0 Å². The molecule has 0 bridgehead atoms. The molecule has 0 saturated heterocycles. The number of thiophene rings is 1. The van der Waals surface area contributed by atoms with Gasteiger partial charge in [0, 0.05) is 16.6 Å². The van der Waals surface area contributed by atoms with Crippen molar-refractivity contribution in [1.29, 1.82) is 0 Å². The van der Waals surface area contributed by atoms with E-state index in [1.807, 2.05) is 32.0 Å². The number of amides is 1. The fourth-order valence-electron chi connectivity index (χ4n) is 3.47. The van der Waals surface area contributed by atoms with Crippen LogP contribution in [0.25, 0.3) is 21.3 Å². The molecule has 0 aliphatic heterocycles. The van der Waals surface area contributed by atoms with Crippen molar-refractivity contribution in [2.24, 2.45) is 0 Å². The average Bonchev–Trinajstić information content (AvgIpc) is 3.14. The van der Waals surface area contributed by atoms with Crippen molar-refractivity contribution in [3.05, 3.63) is 70.9 Å². The van der Waals surface area contributed by atoms with Gasteiger partial charge in [-0.1, -0.05) is 59.8 Å². The molecule has 2 heterocycles. The molecule has 2 aromatic carbocycles. The van der Waals surface area contributed by atoms with Crippen molar-refractivity contribution in [3.8, 4) is 11.1 Å². The van der Waals surface area contributed by atoms with Crippen LogP contribution in [0.5, 0.6) is 0 Å². The number of nitrogens with zero attached hydrogens (tertiary/aromatic N) is 2. The topological polar surface area (TPSA) is 54.9 Å². The van der Waals surface area contributed by atoms with Crippen LogP contribution in [0.3, 0.4) is 0 Å². The number of hydrogen-bond donors (Lipinski definition) is 1. The van der Waals surface area contributed by atoms with Crippen LogP contribution in [0.2, 0.25) is 0 Å². The van der Waals surface area contributed by atoms with Crippen LogP contribution in [-0.4, -0.2) is 21.6 Å². The lowest BCUT2D eigenvalue weighted by Crippen LogP contribution is -2.16. The van der Waals surface area contributed by atoms with Gasteiger partial charge in [-0.3, -0.25) is 4.79 Å². The summed E-state index contributed by atoms with van der Waals surface area (Å²) in [6.07, 6.45) is 1.57. The first-order valence-corrected chi connectivity index (χ1v) is 11.2. The van der Waals surface area contributed by atoms with E-state index in [1.54, 1.807) is 17.7 Å². The number of fused-ring (bicyclic) bond motifs is 1. The van der Waals surface area contributed by atoms with Gasteiger partial charge in [-0.05, 0) is 37.5 Å². The maximum atomic E-state index is 12.6. The molecule has 0 aliphatic carbocycles. The molecule has 0 fully saturated rings. The summed E-state index contributed by atoms with van der Waals surface area (Å²) in [6, 6.07) is 14.4. The quantitative estimate of drug-likeness (QED) is 0.318. The fraction of sp³-hybridized carbons (Fsp3) is 0.174. The Morgan fingerprint density at radius 2 is 1.79 bits per heavy atom. The predicted molar refractivity (Wildman–Crippen MR) is 123 cm³/mol. The molecule has 146 valence electrons. The summed E-state index contributed by atoms with van der Waals surface area (Å²) in [5, 5.41) is 7.03. The van der Waals surface area contributed by atoms with Crippen LogP contribution in [0.1, 0.15) is 16.7 Å². The second kappa shape index (κ2) is 8.35. The molecule has 0 atom stereocenters. The monoisotopic (exact) mass is 419 g/mol. The summed E-state index contributed by atoms with van der Waals surface area (Å²) >= 11 is 3.05. The van der Waals surface area contributed by atoms with E-state index in [1.165, 1.54) is 17.3 Å². The average molecular weight is 420 g/mol. The molecule has 0 spiro atoms. The highest BCUT2D eigenvalue weighted by Gasteiger charge is 2.15. The first kappa shape index (κ1) is 19.6. The molecule has 0 aliphatic rings. The molecule has 2 aromatic heterocycles. The molecule has 0 unspecified atom stereocenters. The highest BCUT2D eigenvalue weighted by atomic mass is 32.2. The van der Waals surface area contributed by atoms with Crippen molar-refractivity contribution in [3.63, 3.8) is 0 Å². The molecule has 4 rings (SSSR count). The van der Waals surface area contributed by atoms with Gasteiger partial charge in [0.15, 0.2) is 0 Å². The van der Waals surface area contributed by atoms with E-state index in [-0.39, 0.29) is 5.91 Å². The van der Waals surface area contributed by atoms with Crippen molar-refractivity contribution in [1.82, 2.24) is 9.97 Å². The number of carbonyl (C=O) groups is 1. The van der Waals surface area contributed by atoms with Gasteiger partial charge in [-0.25, -0.2) is 9.97 Å². The lowest BCUT2D eigenvalue weighted by atomic mass is 10.1. The number of nitrogens with one attached hydrogen (secondary N) is 1. The van der Waals surface area contributed by atoms with Crippen LogP contribution < -0.4 is 5.32 Å². The molecule has 1 N–H and O–H groups in total. The molecule has 29 heavy (non-hydrogen) atoms. The third-order valence-electron chi connectivity index (χ3n) is 4.70. The highest BCUT2D eigenvalue weighted by molar-refractivity contribution is 8.00. The Bertz CT molecular complexity index is 1160. The van der Waals surface area contributed by atoms with E-state index in [0.29, 0.717) is 5.75 Å². The number of benzene rings is 2. The zero-order valence-electron chi connectivity index (χ0n) is 16.5. The number of rotatable bonds is 5. The van der Waals surface area contributed by atoms with E-state index in [0.717, 1.165) is 43.2 Å². The lowest BCUT2D eigenvalue weighted by molar-refractivity contribution is -0.113. The molecular weight excluding hydrogens is 398 g/mol. The minimum atomic E-state index is -0.0340. The van der Waals surface area contributed by atoms with E-state index in [9.17, 15) is 4.79 Å². The van der Waals surface area contributed by atoms with Crippen molar-refractivity contribution in [2.75, 3.05) is 11.1 Å². The third kappa shape index (κ3) is 4.18. The smallest absolute Gasteiger partial charge is 0.234 e. The van der Waals surface area contributed by atoms with E-state index >= 15 is 0 Å². The van der Waals surface area contributed by atoms with E-state index in [2.05, 4.69) is 51.9 Å². The fourth-order valence-corrected chi connectivity index (χ4v) is 5.27. The van der Waals surface area contributed by atoms with Gasteiger partial charge in [0.25, 0.3) is 0 Å². The molecule has 4 aromatic rings. The van der Waals surface area contributed by atoms with E-state index < -0.39 is 0 Å². The van der Waals surface area contributed by atoms with Crippen LogP contribution in [0.15, 0.2) is 59.2 Å². The Labute approximate surface area is 178 Å². The summed E-state index contributed by atoms with van der Waals surface area (Å²) in [5.74, 6) is 0.261.